The summed E-state index contributed by atoms with van der Waals surface area (Å²) in [4.78, 5) is 13.9. The lowest BCUT2D eigenvalue weighted by atomic mass is 10.3. The number of carbonyl (C=O) groups excluding carboxylic acids is 1. The molecule has 1 N–H and O–H groups in total. The lowest BCUT2D eigenvalue weighted by Gasteiger charge is -2.15. The van der Waals surface area contributed by atoms with Gasteiger partial charge in [-0.15, -0.1) is 12.4 Å². The molecule has 2 aromatic rings. The van der Waals surface area contributed by atoms with Crippen molar-refractivity contribution < 1.29 is 4.79 Å². The Labute approximate surface area is 138 Å². The van der Waals surface area contributed by atoms with E-state index in [9.17, 15) is 4.79 Å². The van der Waals surface area contributed by atoms with E-state index in [1.807, 2.05) is 31.3 Å². The van der Waals surface area contributed by atoms with Crippen molar-refractivity contribution in [2.24, 2.45) is 0 Å². The van der Waals surface area contributed by atoms with E-state index in [0.29, 0.717) is 12.1 Å². The molecule has 5 nitrogen and oxygen atoms in total. The Morgan fingerprint density at radius 2 is 2.24 bits per heavy atom. The maximum atomic E-state index is 12.2. The van der Waals surface area contributed by atoms with E-state index in [1.54, 1.807) is 29.0 Å². The number of benzene rings is 1. The van der Waals surface area contributed by atoms with E-state index in [-0.39, 0.29) is 18.3 Å². The minimum absolute atomic E-state index is 0. The lowest BCUT2D eigenvalue weighted by Crippen LogP contribution is -2.32. The molecule has 0 radical (unpaired) electrons. The van der Waals surface area contributed by atoms with Crippen LogP contribution in [0.15, 0.2) is 41.1 Å². The molecule has 21 heavy (non-hydrogen) atoms. The third-order valence-corrected chi connectivity index (χ3v) is 3.44. The Balaban J connectivity index is 0.00000220. The minimum atomic E-state index is -0.0264. The Kier molecular flexibility index (Phi) is 6.87. The molecule has 0 aliphatic carbocycles. The highest BCUT2D eigenvalue weighted by Crippen LogP contribution is 2.15. The van der Waals surface area contributed by atoms with Crippen molar-refractivity contribution in [2.45, 2.75) is 0 Å². The Morgan fingerprint density at radius 1 is 1.48 bits per heavy atom. The molecule has 114 valence electrons. The molecule has 1 heterocycles. The molecular formula is C14H18BrClN4O. The zero-order valence-electron chi connectivity index (χ0n) is 11.9. The molecule has 1 aromatic heterocycles. The van der Waals surface area contributed by atoms with Crippen LogP contribution >= 0.6 is 28.3 Å². The van der Waals surface area contributed by atoms with Crippen molar-refractivity contribution in [1.29, 1.82) is 0 Å². The third-order valence-electron chi connectivity index (χ3n) is 2.95. The van der Waals surface area contributed by atoms with Gasteiger partial charge in [0.15, 0.2) is 0 Å². The highest BCUT2D eigenvalue weighted by Gasteiger charge is 2.13. The van der Waals surface area contributed by atoms with Crippen molar-refractivity contribution in [3.63, 3.8) is 0 Å². The largest absolute Gasteiger partial charge is 0.340 e. The number of halogens is 2. The summed E-state index contributed by atoms with van der Waals surface area (Å²) in [5.41, 5.74) is 1.50. The van der Waals surface area contributed by atoms with Crippen LogP contribution in [0.25, 0.3) is 5.69 Å². The number of amides is 1. The average Bonchev–Trinajstić information content (AvgIpc) is 2.93. The monoisotopic (exact) mass is 372 g/mol. The maximum absolute atomic E-state index is 12.2. The van der Waals surface area contributed by atoms with Gasteiger partial charge in [-0.1, -0.05) is 22.0 Å². The predicted octanol–water partition coefficient (Wildman–Crippen LogP) is 2.35. The molecule has 0 saturated carbocycles. The number of rotatable bonds is 5. The van der Waals surface area contributed by atoms with Crippen LogP contribution in [0.5, 0.6) is 0 Å². The Bertz CT molecular complexity index is 602. The summed E-state index contributed by atoms with van der Waals surface area (Å²) in [7, 11) is 3.65. The SMILES string of the molecule is CNCCN(C)C(=O)c1cnn(-c2cccc(Br)c2)c1.Cl. The second kappa shape index (κ2) is 8.17. The molecule has 7 heteroatoms. The van der Waals surface area contributed by atoms with Gasteiger partial charge in [0.05, 0.1) is 17.4 Å². The fraction of sp³-hybridized carbons (Fsp3) is 0.286. The predicted molar refractivity (Wildman–Crippen MR) is 89.4 cm³/mol. The second-order valence-corrected chi connectivity index (χ2v) is 5.40. The molecule has 0 saturated heterocycles. The molecule has 0 fully saturated rings. The highest BCUT2D eigenvalue weighted by molar-refractivity contribution is 9.10. The van der Waals surface area contributed by atoms with Gasteiger partial charge in [-0.05, 0) is 25.2 Å². The van der Waals surface area contributed by atoms with E-state index >= 15 is 0 Å². The number of carbonyl (C=O) groups is 1. The van der Waals surface area contributed by atoms with Crippen molar-refractivity contribution in [1.82, 2.24) is 20.0 Å². The molecule has 1 aromatic carbocycles. The van der Waals surface area contributed by atoms with Crippen molar-refractivity contribution in [2.75, 3.05) is 27.2 Å². The van der Waals surface area contributed by atoms with Crippen LogP contribution in [0.3, 0.4) is 0 Å². The zero-order chi connectivity index (χ0) is 14.5. The van der Waals surface area contributed by atoms with Crippen LogP contribution in [0.2, 0.25) is 0 Å². The van der Waals surface area contributed by atoms with E-state index in [1.165, 1.54) is 0 Å². The van der Waals surface area contributed by atoms with E-state index < -0.39 is 0 Å². The Hall–Kier alpha value is -1.37. The summed E-state index contributed by atoms with van der Waals surface area (Å²) in [5.74, 6) is -0.0264. The summed E-state index contributed by atoms with van der Waals surface area (Å²) < 4.78 is 2.67. The molecule has 0 aliphatic rings. The first-order chi connectivity index (χ1) is 9.61. The summed E-state index contributed by atoms with van der Waals surface area (Å²) in [6.07, 6.45) is 3.35. The number of nitrogens with one attached hydrogen (secondary N) is 1. The van der Waals surface area contributed by atoms with Crippen molar-refractivity contribution in [3.8, 4) is 5.69 Å². The molecule has 0 atom stereocenters. The van der Waals surface area contributed by atoms with E-state index in [4.69, 9.17) is 0 Å². The summed E-state index contributed by atoms with van der Waals surface area (Å²) in [5, 5.41) is 7.27. The van der Waals surface area contributed by atoms with Gasteiger partial charge in [0.2, 0.25) is 0 Å². The third kappa shape index (κ3) is 4.56. The van der Waals surface area contributed by atoms with Crippen LogP contribution in [0.4, 0.5) is 0 Å². The zero-order valence-corrected chi connectivity index (χ0v) is 14.3. The number of hydrogen-bond donors (Lipinski definition) is 1. The summed E-state index contributed by atoms with van der Waals surface area (Å²) in [6, 6.07) is 7.77. The first kappa shape index (κ1) is 17.7. The number of aromatic nitrogens is 2. The van der Waals surface area contributed by atoms with Gasteiger partial charge in [0, 0.05) is 30.8 Å². The number of nitrogens with zero attached hydrogens (tertiary/aromatic N) is 3. The van der Waals surface area contributed by atoms with Crippen LogP contribution in [-0.2, 0) is 0 Å². The van der Waals surface area contributed by atoms with Crippen LogP contribution in [0, 0.1) is 0 Å². The minimum Gasteiger partial charge on any atom is -0.340 e. The lowest BCUT2D eigenvalue weighted by molar-refractivity contribution is 0.0797. The molecule has 1 amide bonds. The fourth-order valence-corrected chi connectivity index (χ4v) is 2.18. The van der Waals surface area contributed by atoms with Gasteiger partial charge in [-0.3, -0.25) is 4.79 Å². The molecule has 0 unspecified atom stereocenters. The van der Waals surface area contributed by atoms with Gasteiger partial charge in [-0.25, -0.2) is 4.68 Å². The number of likely N-dealkylation sites (N-methyl/N-ethyl adjacent to an activating group) is 2. The van der Waals surface area contributed by atoms with Gasteiger partial charge in [0.25, 0.3) is 5.91 Å². The molecule has 0 bridgehead atoms. The maximum Gasteiger partial charge on any atom is 0.256 e. The number of hydrogen-bond acceptors (Lipinski definition) is 3. The summed E-state index contributed by atoms with van der Waals surface area (Å²) >= 11 is 3.42. The average molecular weight is 374 g/mol. The van der Waals surface area contributed by atoms with Gasteiger partial charge in [0.1, 0.15) is 0 Å². The smallest absolute Gasteiger partial charge is 0.256 e. The first-order valence-corrected chi connectivity index (χ1v) is 7.12. The second-order valence-electron chi connectivity index (χ2n) is 4.48. The van der Waals surface area contributed by atoms with Crippen LogP contribution < -0.4 is 5.32 Å². The molecular weight excluding hydrogens is 356 g/mol. The normalized spacial score (nSPS) is 10.0. The van der Waals surface area contributed by atoms with E-state index in [2.05, 4.69) is 26.3 Å². The van der Waals surface area contributed by atoms with Gasteiger partial charge in [-0.2, -0.15) is 5.10 Å². The van der Waals surface area contributed by atoms with Gasteiger partial charge >= 0.3 is 0 Å². The Morgan fingerprint density at radius 3 is 2.90 bits per heavy atom. The van der Waals surface area contributed by atoms with Crippen LogP contribution in [-0.4, -0.2) is 47.8 Å². The molecule has 2 rings (SSSR count). The first-order valence-electron chi connectivity index (χ1n) is 6.32. The van der Waals surface area contributed by atoms with Gasteiger partial charge < -0.3 is 10.2 Å². The molecule has 0 aliphatic heterocycles. The molecule has 0 spiro atoms. The summed E-state index contributed by atoms with van der Waals surface area (Å²) in [6.45, 7) is 1.43. The highest BCUT2D eigenvalue weighted by atomic mass is 79.9. The van der Waals surface area contributed by atoms with E-state index in [0.717, 1.165) is 16.7 Å². The van der Waals surface area contributed by atoms with Crippen LogP contribution in [0.1, 0.15) is 10.4 Å². The fourth-order valence-electron chi connectivity index (χ4n) is 1.79. The topological polar surface area (TPSA) is 50.2 Å². The standard InChI is InChI=1S/C14H17BrN4O.ClH/c1-16-6-7-18(2)14(20)11-9-17-19(10-11)13-5-3-4-12(15)8-13;/h3-5,8-10,16H,6-7H2,1-2H3;1H. The quantitative estimate of drug-likeness (QED) is 0.875. The van der Waals surface area contributed by atoms with Crippen molar-refractivity contribution in [3.05, 3.63) is 46.7 Å². The van der Waals surface area contributed by atoms with Crippen molar-refractivity contribution >= 4 is 34.2 Å².